The van der Waals surface area contributed by atoms with Gasteiger partial charge in [-0.3, -0.25) is 4.98 Å². The lowest BCUT2D eigenvalue weighted by atomic mass is 10.0. The molecule has 0 spiro atoms. The van der Waals surface area contributed by atoms with E-state index in [0.29, 0.717) is 47.9 Å². The minimum atomic E-state index is -0.585. The van der Waals surface area contributed by atoms with Gasteiger partial charge in [-0.1, -0.05) is 41.9 Å². The van der Waals surface area contributed by atoms with Crippen LogP contribution in [-0.2, 0) is 4.74 Å². The molecule has 232 valence electrons. The molecule has 0 N–H and O–H groups in total. The van der Waals surface area contributed by atoms with E-state index in [1.807, 2.05) is 63.1 Å². The smallest absolute Gasteiger partial charge is 0.410 e. The van der Waals surface area contributed by atoms with Crippen LogP contribution >= 0.6 is 11.6 Å². The average molecular weight is 621 g/mol. The number of hydrogen-bond acceptors (Lipinski definition) is 8. The van der Waals surface area contributed by atoms with Crippen LogP contribution in [0.3, 0.4) is 0 Å². The number of pyridine rings is 1. The minimum Gasteiger partial charge on any atom is -0.462 e. The van der Waals surface area contributed by atoms with Crippen LogP contribution in [0.5, 0.6) is 6.01 Å². The third-order valence-electron chi connectivity index (χ3n) is 8.53. The van der Waals surface area contributed by atoms with Crippen molar-refractivity contribution in [3.63, 3.8) is 0 Å². The molecule has 1 unspecified atom stereocenters. The largest absolute Gasteiger partial charge is 0.462 e. The van der Waals surface area contributed by atoms with Gasteiger partial charge in [0, 0.05) is 54.4 Å². The zero-order valence-electron chi connectivity index (χ0n) is 25.8. The molecule has 0 radical (unpaired) electrons. The Bertz CT molecular complexity index is 1710. The average Bonchev–Trinajstić information content (AvgIpc) is 3.64. The molecule has 11 heteroatoms. The zero-order valence-corrected chi connectivity index (χ0v) is 26.6. The summed E-state index contributed by atoms with van der Waals surface area (Å²) in [6, 6.07) is 11.5. The molecule has 4 aromatic rings. The van der Waals surface area contributed by atoms with Crippen molar-refractivity contribution < 1.29 is 18.7 Å². The molecular weight excluding hydrogens is 583 g/mol. The van der Waals surface area contributed by atoms with Crippen molar-refractivity contribution in [2.24, 2.45) is 0 Å². The van der Waals surface area contributed by atoms with Crippen molar-refractivity contribution in [2.75, 3.05) is 45.2 Å². The lowest BCUT2D eigenvalue weighted by Crippen LogP contribution is -2.39. The fraction of sp³-hybridized carbons (Fsp3) is 0.455. The second-order valence-corrected chi connectivity index (χ2v) is 13.1. The molecule has 4 heterocycles. The SMILES string of the molecule is CN(c1nc(OC[C@@H]2CCCN2C)nc2c(F)c(-c3cccc4cccc(Cl)c34)ncc12)C1CCN(C(=O)OC(C)(C)C)C1. The first-order valence-corrected chi connectivity index (χ1v) is 15.5. The Morgan fingerprint density at radius 2 is 1.91 bits per heavy atom. The van der Waals surface area contributed by atoms with E-state index in [4.69, 9.17) is 26.1 Å². The summed E-state index contributed by atoms with van der Waals surface area (Å²) >= 11 is 6.59. The molecule has 2 atom stereocenters. The minimum absolute atomic E-state index is 0.0750. The predicted molar refractivity (Wildman–Crippen MR) is 171 cm³/mol. The highest BCUT2D eigenvalue weighted by Crippen LogP contribution is 2.38. The lowest BCUT2D eigenvalue weighted by molar-refractivity contribution is 0.0292. The summed E-state index contributed by atoms with van der Waals surface area (Å²) in [5.41, 5.74) is 0.271. The molecule has 9 nitrogen and oxygen atoms in total. The van der Waals surface area contributed by atoms with Crippen molar-refractivity contribution in [3.05, 3.63) is 53.4 Å². The number of hydrogen-bond donors (Lipinski definition) is 0. The monoisotopic (exact) mass is 620 g/mol. The predicted octanol–water partition coefficient (Wildman–Crippen LogP) is 6.56. The summed E-state index contributed by atoms with van der Waals surface area (Å²) in [4.78, 5) is 32.7. The fourth-order valence-electron chi connectivity index (χ4n) is 6.12. The molecule has 1 amide bonds. The van der Waals surface area contributed by atoms with Crippen LogP contribution in [0.2, 0.25) is 5.02 Å². The first-order valence-electron chi connectivity index (χ1n) is 15.1. The Morgan fingerprint density at radius 1 is 1.14 bits per heavy atom. The Balaban J connectivity index is 1.40. The van der Waals surface area contributed by atoms with E-state index in [2.05, 4.69) is 21.9 Å². The van der Waals surface area contributed by atoms with E-state index in [1.54, 1.807) is 17.2 Å². The standard InChI is InChI=1S/C33H38ClFN6O3/c1-33(2,3)44-32(42)41-16-14-21(18-41)40(5)30-24-17-36-28(23-12-6-9-20-10-7-13-25(34)26(20)23)27(35)29(24)37-31(38-30)43-19-22-11-8-15-39(22)4/h6-7,9-10,12-13,17,21-22H,8,11,14-16,18-19H2,1-5H3/t21?,22-/m0/s1. The van der Waals surface area contributed by atoms with Gasteiger partial charge in [0.15, 0.2) is 5.82 Å². The van der Waals surface area contributed by atoms with Crippen LogP contribution in [0.25, 0.3) is 32.9 Å². The normalized spacial score (nSPS) is 19.2. The molecule has 2 fully saturated rings. The van der Waals surface area contributed by atoms with Gasteiger partial charge in [0.25, 0.3) is 0 Å². The second-order valence-electron chi connectivity index (χ2n) is 12.7. The van der Waals surface area contributed by atoms with Gasteiger partial charge < -0.3 is 24.2 Å². The molecule has 2 aromatic heterocycles. The molecule has 0 aliphatic carbocycles. The molecule has 44 heavy (non-hydrogen) atoms. The number of likely N-dealkylation sites (N-methyl/N-ethyl adjacent to an activating group) is 2. The number of aromatic nitrogens is 3. The van der Waals surface area contributed by atoms with Crippen LogP contribution in [-0.4, -0.2) is 88.9 Å². The summed E-state index contributed by atoms with van der Waals surface area (Å²) in [5, 5.41) is 2.59. The van der Waals surface area contributed by atoms with E-state index < -0.39 is 11.4 Å². The van der Waals surface area contributed by atoms with Gasteiger partial charge in [-0.25, -0.2) is 9.18 Å². The van der Waals surface area contributed by atoms with Crippen LogP contribution in [0, 0.1) is 5.82 Å². The highest BCUT2D eigenvalue weighted by atomic mass is 35.5. The van der Waals surface area contributed by atoms with Gasteiger partial charge in [-0.05, 0) is 65.1 Å². The second kappa shape index (κ2) is 12.0. The maximum absolute atomic E-state index is 16.6. The maximum atomic E-state index is 16.6. The van der Waals surface area contributed by atoms with Crippen molar-refractivity contribution in [3.8, 4) is 17.3 Å². The Labute approximate surface area is 261 Å². The van der Waals surface area contributed by atoms with Gasteiger partial charge in [0.1, 0.15) is 29.2 Å². The topological polar surface area (TPSA) is 83.9 Å². The van der Waals surface area contributed by atoms with Crippen LogP contribution in [0.1, 0.15) is 40.0 Å². The highest BCUT2D eigenvalue weighted by Gasteiger charge is 2.34. The molecule has 0 saturated carbocycles. The molecule has 2 aromatic carbocycles. The number of fused-ring (bicyclic) bond motifs is 2. The number of carbonyl (C=O) groups is 1. The third-order valence-corrected chi connectivity index (χ3v) is 8.84. The van der Waals surface area contributed by atoms with E-state index >= 15 is 4.39 Å². The maximum Gasteiger partial charge on any atom is 0.410 e. The van der Waals surface area contributed by atoms with Gasteiger partial charge in [0.2, 0.25) is 0 Å². The van der Waals surface area contributed by atoms with Crippen molar-refractivity contribution >= 4 is 45.2 Å². The van der Waals surface area contributed by atoms with Crippen LogP contribution < -0.4 is 9.64 Å². The molecular formula is C33H38ClFN6O3. The number of nitrogens with zero attached hydrogens (tertiary/aromatic N) is 6. The fourth-order valence-corrected chi connectivity index (χ4v) is 6.40. The number of benzene rings is 2. The Morgan fingerprint density at radius 3 is 2.64 bits per heavy atom. The first-order chi connectivity index (χ1) is 21.0. The number of ether oxygens (including phenoxy) is 2. The van der Waals surface area contributed by atoms with Crippen molar-refractivity contribution in [2.45, 2.75) is 57.7 Å². The summed E-state index contributed by atoms with van der Waals surface area (Å²) < 4.78 is 28.3. The van der Waals surface area contributed by atoms with E-state index in [1.165, 1.54) is 0 Å². The summed E-state index contributed by atoms with van der Waals surface area (Å²) in [5.74, 6) is -0.0775. The number of rotatable bonds is 6. The number of halogens is 2. The molecule has 6 rings (SSSR count). The van der Waals surface area contributed by atoms with Crippen LogP contribution in [0.4, 0.5) is 15.0 Å². The lowest BCUT2D eigenvalue weighted by Gasteiger charge is -2.28. The van der Waals surface area contributed by atoms with Gasteiger partial charge >= 0.3 is 12.1 Å². The third kappa shape index (κ3) is 5.97. The molecule has 0 bridgehead atoms. The number of carbonyl (C=O) groups excluding carboxylic acids is 1. The molecule has 2 saturated heterocycles. The Hall–Kier alpha value is -3.76. The zero-order chi connectivity index (χ0) is 31.2. The number of likely N-dealkylation sites (tertiary alicyclic amines) is 2. The quantitative estimate of drug-likeness (QED) is 0.240. The van der Waals surface area contributed by atoms with Crippen molar-refractivity contribution in [1.29, 1.82) is 0 Å². The molecule has 2 aliphatic heterocycles. The number of anilines is 1. The highest BCUT2D eigenvalue weighted by molar-refractivity contribution is 6.36. The van der Waals surface area contributed by atoms with Gasteiger partial charge in [-0.2, -0.15) is 9.97 Å². The van der Waals surface area contributed by atoms with E-state index in [9.17, 15) is 4.79 Å². The number of amides is 1. The van der Waals surface area contributed by atoms with Crippen LogP contribution in [0.15, 0.2) is 42.6 Å². The van der Waals surface area contributed by atoms with Gasteiger partial charge in [-0.15, -0.1) is 0 Å². The van der Waals surface area contributed by atoms with E-state index in [0.717, 1.165) is 30.2 Å². The van der Waals surface area contributed by atoms with Gasteiger partial charge in [0.05, 0.1) is 5.39 Å². The summed E-state index contributed by atoms with van der Waals surface area (Å²) in [6.07, 6.45) is 4.09. The summed E-state index contributed by atoms with van der Waals surface area (Å²) in [6.45, 7) is 7.96. The first kappa shape index (κ1) is 30.3. The van der Waals surface area contributed by atoms with E-state index in [-0.39, 0.29) is 35.4 Å². The van der Waals surface area contributed by atoms with Crippen molar-refractivity contribution in [1.82, 2.24) is 24.8 Å². The summed E-state index contributed by atoms with van der Waals surface area (Å²) in [7, 11) is 3.97. The Kier molecular flexibility index (Phi) is 8.24. The molecule has 2 aliphatic rings.